The predicted octanol–water partition coefficient (Wildman–Crippen LogP) is 3.00. The Balaban J connectivity index is 1.30. The number of amides is 2. The normalized spacial score (nSPS) is 16.5. The maximum atomic E-state index is 13.4. The third kappa shape index (κ3) is 4.40. The highest BCUT2D eigenvalue weighted by molar-refractivity contribution is 7.73. The van der Waals surface area contributed by atoms with Gasteiger partial charge in [-0.05, 0) is 49.3 Å². The Bertz CT molecular complexity index is 1610. The molecule has 2 N–H and O–H groups in total. The van der Waals surface area contributed by atoms with Gasteiger partial charge in [0.2, 0.25) is 5.95 Å². The molecule has 3 aromatic heterocycles. The van der Waals surface area contributed by atoms with Crippen molar-refractivity contribution in [3.05, 3.63) is 61.4 Å². The molecule has 12 heteroatoms. The average molecular weight is 536 g/mol. The zero-order valence-electron chi connectivity index (χ0n) is 20.0. The number of nitrogens with one attached hydrogen (secondary N) is 2. The summed E-state index contributed by atoms with van der Waals surface area (Å²) >= 11 is 6.77. The molecule has 190 valence electrons. The van der Waals surface area contributed by atoms with Gasteiger partial charge in [0.25, 0.3) is 17.4 Å². The molecular weight excluding hydrogens is 510 g/mol. The molecule has 6 rings (SSSR count). The molecule has 0 atom stereocenters. The number of carbonyl (C=O) groups excluding carboxylic acids is 2. The molecule has 37 heavy (non-hydrogen) atoms. The summed E-state index contributed by atoms with van der Waals surface area (Å²) in [7, 11) is 0. The monoisotopic (exact) mass is 535 g/mol. The zero-order valence-corrected chi connectivity index (χ0v) is 21.6. The Hall–Kier alpha value is -3.64. The molecule has 1 aliphatic carbocycles. The fraction of sp³-hybridized carbons (Fsp3) is 0.360. The number of anilines is 1. The van der Waals surface area contributed by atoms with Gasteiger partial charge in [-0.25, -0.2) is 9.97 Å². The minimum Gasteiger partial charge on any atom is -0.348 e. The van der Waals surface area contributed by atoms with Crippen LogP contribution in [0.2, 0.25) is 0 Å². The van der Waals surface area contributed by atoms with E-state index in [9.17, 15) is 14.4 Å². The smallest absolute Gasteiger partial charge is 0.265 e. The van der Waals surface area contributed by atoms with E-state index in [1.54, 1.807) is 46.0 Å². The van der Waals surface area contributed by atoms with E-state index in [1.807, 2.05) is 0 Å². The fourth-order valence-corrected chi connectivity index (χ4v) is 6.43. The fourth-order valence-electron chi connectivity index (χ4n) is 5.14. The molecule has 1 aromatic carbocycles. The van der Waals surface area contributed by atoms with Crippen LogP contribution in [0.5, 0.6) is 0 Å². The van der Waals surface area contributed by atoms with Gasteiger partial charge in [-0.3, -0.25) is 18.8 Å². The molecule has 4 heterocycles. The molecule has 0 unspecified atom stereocenters. The molecule has 1 saturated carbocycles. The Morgan fingerprint density at radius 1 is 1.08 bits per heavy atom. The first-order valence-corrected chi connectivity index (χ1v) is 13.6. The number of aromatic amines is 1. The molecule has 10 nitrogen and oxygen atoms in total. The van der Waals surface area contributed by atoms with E-state index in [4.69, 9.17) is 12.2 Å². The van der Waals surface area contributed by atoms with Gasteiger partial charge in [-0.15, -0.1) is 0 Å². The molecule has 2 fully saturated rings. The Kier molecular flexibility index (Phi) is 6.21. The van der Waals surface area contributed by atoms with Crippen LogP contribution in [0.4, 0.5) is 5.95 Å². The van der Waals surface area contributed by atoms with Crippen molar-refractivity contribution in [1.29, 1.82) is 0 Å². The summed E-state index contributed by atoms with van der Waals surface area (Å²) in [6.07, 6.45) is 7.53. The molecule has 0 spiro atoms. The van der Waals surface area contributed by atoms with E-state index >= 15 is 0 Å². The Morgan fingerprint density at radius 3 is 2.54 bits per heavy atom. The molecule has 4 aromatic rings. The number of aromatic nitrogens is 4. The van der Waals surface area contributed by atoms with Crippen LogP contribution in [0.3, 0.4) is 0 Å². The van der Waals surface area contributed by atoms with Crippen molar-refractivity contribution in [3.8, 4) is 0 Å². The lowest BCUT2D eigenvalue weighted by Crippen LogP contribution is -2.49. The lowest BCUT2D eigenvalue weighted by atomic mass is 10.1. The van der Waals surface area contributed by atoms with Crippen LogP contribution < -0.4 is 15.8 Å². The van der Waals surface area contributed by atoms with Crippen LogP contribution in [0, 0.1) is 3.95 Å². The van der Waals surface area contributed by atoms with Crippen LogP contribution in [0.15, 0.2) is 41.5 Å². The molecule has 1 saturated heterocycles. The first-order chi connectivity index (χ1) is 18.0. The number of H-pyrrole nitrogens is 1. The van der Waals surface area contributed by atoms with Crippen molar-refractivity contribution >= 4 is 57.9 Å². The summed E-state index contributed by atoms with van der Waals surface area (Å²) in [6, 6.07) is 6.94. The molecule has 0 radical (unpaired) electrons. The Morgan fingerprint density at radius 2 is 1.81 bits per heavy atom. The van der Waals surface area contributed by atoms with Crippen molar-refractivity contribution in [1.82, 2.24) is 29.6 Å². The number of hydrogen-bond donors (Lipinski definition) is 2. The van der Waals surface area contributed by atoms with Gasteiger partial charge in [0.15, 0.2) is 3.95 Å². The molecular formula is C25H25N7O3S2. The van der Waals surface area contributed by atoms with Crippen molar-refractivity contribution in [2.24, 2.45) is 0 Å². The van der Waals surface area contributed by atoms with Crippen molar-refractivity contribution < 1.29 is 9.59 Å². The van der Waals surface area contributed by atoms with E-state index in [2.05, 4.69) is 25.2 Å². The van der Waals surface area contributed by atoms with Gasteiger partial charge >= 0.3 is 0 Å². The number of rotatable bonds is 4. The first kappa shape index (κ1) is 23.7. The van der Waals surface area contributed by atoms with Crippen molar-refractivity contribution in [3.63, 3.8) is 0 Å². The second kappa shape index (κ2) is 9.67. The van der Waals surface area contributed by atoms with Crippen LogP contribution in [-0.4, -0.2) is 68.3 Å². The van der Waals surface area contributed by atoms with Crippen LogP contribution in [-0.2, 0) is 0 Å². The predicted molar refractivity (Wildman–Crippen MR) is 144 cm³/mol. The second-order valence-electron chi connectivity index (χ2n) is 9.35. The van der Waals surface area contributed by atoms with Crippen LogP contribution in [0.1, 0.15) is 45.7 Å². The van der Waals surface area contributed by atoms with Gasteiger partial charge in [-0.2, -0.15) is 0 Å². The molecule has 0 bridgehead atoms. The van der Waals surface area contributed by atoms with Gasteiger partial charge in [0, 0.05) is 50.2 Å². The van der Waals surface area contributed by atoms with Crippen LogP contribution in [0.25, 0.3) is 16.6 Å². The number of benzene rings is 1. The van der Waals surface area contributed by atoms with Crippen LogP contribution >= 0.6 is 23.6 Å². The number of nitrogens with zero attached hydrogens (tertiary/aromatic N) is 5. The number of fused-ring (bicyclic) bond motifs is 3. The quantitative estimate of drug-likeness (QED) is 0.386. The highest BCUT2D eigenvalue weighted by Gasteiger charge is 2.25. The SMILES string of the molecule is O=C(NC1CCCC1)c1sc(=S)n2c1[nH]c(=O)c1ccc(C(=O)N3CCN(c4ncccn4)CC3)cc12. The highest BCUT2D eigenvalue weighted by Crippen LogP contribution is 2.25. The first-order valence-electron chi connectivity index (χ1n) is 12.3. The van der Waals surface area contributed by atoms with Gasteiger partial charge in [-0.1, -0.05) is 24.2 Å². The average Bonchev–Trinajstić information content (AvgIpc) is 3.56. The lowest BCUT2D eigenvalue weighted by Gasteiger charge is -2.34. The third-order valence-corrected chi connectivity index (χ3v) is 8.44. The van der Waals surface area contributed by atoms with E-state index in [0.29, 0.717) is 63.1 Å². The lowest BCUT2D eigenvalue weighted by molar-refractivity contribution is 0.0746. The zero-order chi connectivity index (χ0) is 25.5. The number of piperazine rings is 1. The number of carbonyl (C=O) groups is 2. The number of thiazole rings is 1. The summed E-state index contributed by atoms with van der Waals surface area (Å²) in [5.41, 5.74) is 1.02. The van der Waals surface area contributed by atoms with Gasteiger partial charge in [0.1, 0.15) is 10.5 Å². The maximum Gasteiger partial charge on any atom is 0.265 e. The van der Waals surface area contributed by atoms with Crippen molar-refractivity contribution in [2.75, 3.05) is 31.1 Å². The van der Waals surface area contributed by atoms with Gasteiger partial charge < -0.3 is 20.1 Å². The third-order valence-electron chi connectivity index (χ3n) is 7.07. The summed E-state index contributed by atoms with van der Waals surface area (Å²) in [5, 5.41) is 3.48. The minimum absolute atomic E-state index is 0.120. The molecule has 2 amide bonds. The largest absolute Gasteiger partial charge is 0.348 e. The summed E-state index contributed by atoms with van der Waals surface area (Å²) in [5.74, 6) is 0.305. The molecule has 2 aliphatic rings. The summed E-state index contributed by atoms with van der Waals surface area (Å²) in [4.78, 5) is 55.0. The Labute approximate surface area is 221 Å². The maximum absolute atomic E-state index is 13.4. The van der Waals surface area contributed by atoms with Gasteiger partial charge in [0.05, 0.1) is 10.9 Å². The summed E-state index contributed by atoms with van der Waals surface area (Å²) < 4.78 is 2.13. The van der Waals surface area contributed by atoms with E-state index in [-0.39, 0.29) is 23.4 Å². The molecule has 1 aliphatic heterocycles. The second-order valence-corrected chi connectivity index (χ2v) is 11.0. The highest BCUT2D eigenvalue weighted by atomic mass is 32.1. The minimum atomic E-state index is -0.326. The van der Waals surface area contributed by atoms with E-state index in [0.717, 1.165) is 25.7 Å². The van der Waals surface area contributed by atoms with E-state index in [1.165, 1.54) is 11.3 Å². The van der Waals surface area contributed by atoms with E-state index < -0.39 is 0 Å². The number of hydrogen-bond acceptors (Lipinski definition) is 8. The standard InChI is InChI=1S/C25H25N7O3S2/c33-21-17-7-6-15(23(35)30-10-12-31(13-11-30)24-26-8-3-9-27-24)14-18(17)32-20(29-21)19(37-25(32)36)22(34)28-16-4-1-2-5-16/h3,6-9,14,16H,1-2,4-5,10-13H2,(H,28,34)(H,29,33). The summed E-state index contributed by atoms with van der Waals surface area (Å²) in [6.45, 7) is 2.32. The topological polar surface area (TPSA) is 116 Å². The van der Waals surface area contributed by atoms with Crippen molar-refractivity contribution in [2.45, 2.75) is 31.7 Å².